The van der Waals surface area contributed by atoms with E-state index in [4.69, 9.17) is 0 Å². The SMILES string of the molecule is Cc1ccc(S)cc1C(=O)NC1CCCC(C)(C)C1. The molecule has 1 aliphatic rings. The molecule has 1 aromatic carbocycles. The summed E-state index contributed by atoms with van der Waals surface area (Å²) in [4.78, 5) is 13.2. The van der Waals surface area contributed by atoms with Gasteiger partial charge in [-0.3, -0.25) is 4.79 Å². The number of carbonyl (C=O) groups is 1. The van der Waals surface area contributed by atoms with Crippen molar-refractivity contribution < 1.29 is 4.79 Å². The molecule has 1 aromatic rings. The van der Waals surface area contributed by atoms with E-state index in [1.54, 1.807) is 0 Å². The van der Waals surface area contributed by atoms with Gasteiger partial charge in [0, 0.05) is 16.5 Å². The highest BCUT2D eigenvalue weighted by molar-refractivity contribution is 7.80. The van der Waals surface area contributed by atoms with Crippen LogP contribution >= 0.6 is 12.6 Å². The van der Waals surface area contributed by atoms with Crippen molar-refractivity contribution in [2.24, 2.45) is 5.41 Å². The highest BCUT2D eigenvalue weighted by Crippen LogP contribution is 2.35. The Bertz CT molecular complexity index is 482. The Morgan fingerprint density at radius 1 is 1.42 bits per heavy atom. The molecular weight excluding hydrogens is 254 g/mol. The summed E-state index contributed by atoms with van der Waals surface area (Å²) in [5, 5.41) is 3.19. The lowest BCUT2D eigenvalue weighted by molar-refractivity contribution is 0.0901. The first kappa shape index (κ1) is 14.4. The van der Waals surface area contributed by atoms with Crippen LogP contribution in [0.2, 0.25) is 0 Å². The fraction of sp³-hybridized carbons (Fsp3) is 0.562. The molecule has 2 nitrogen and oxygen atoms in total. The summed E-state index contributed by atoms with van der Waals surface area (Å²) in [6, 6.07) is 6.02. The largest absolute Gasteiger partial charge is 0.349 e. The number of benzene rings is 1. The first-order valence-electron chi connectivity index (χ1n) is 6.98. The van der Waals surface area contributed by atoms with Crippen LogP contribution < -0.4 is 5.32 Å². The molecule has 1 N–H and O–H groups in total. The summed E-state index contributed by atoms with van der Waals surface area (Å²) >= 11 is 4.31. The number of amides is 1. The second kappa shape index (κ2) is 5.58. The monoisotopic (exact) mass is 277 g/mol. The Labute approximate surface area is 121 Å². The molecule has 104 valence electrons. The van der Waals surface area contributed by atoms with Crippen molar-refractivity contribution in [1.82, 2.24) is 5.32 Å². The quantitative estimate of drug-likeness (QED) is 0.787. The zero-order valence-corrected chi connectivity index (χ0v) is 12.9. The fourth-order valence-electron chi connectivity index (χ4n) is 2.94. The molecule has 0 aromatic heterocycles. The van der Waals surface area contributed by atoms with Crippen LogP contribution in [0.4, 0.5) is 0 Å². The molecule has 1 amide bonds. The zero-order chi connectivity index (χ0) is 14.0. The molecule has 0 spiro atoms. The van der Waals surface area contributed by atoms with Crippen LogP contribution in [-0.4, -0.2) is 11.9 Å². The number of hydrogen-bond donors (Lipinski definition) is 2. The van der Waals surface area contributed by atoms with Gasteiger partial charge in [0.15, 0.2) is 0 Å². The second-order valence-electron chi connectivity index (χ2n) is 6.43. The third kappa shape index (κ3) is 3.75. The molecule has 0 bridgehead atoms. The molecule has 19 heavy (non-hydrogen) atoms. The summed E-state index contributed by atoms with van der Waals surface area (Å²) in [5.41, 5.74) is 2.10. The minimum atomic E-state index is 0.0381. The fourth-order valence-corrected chi connectivity index (χ4v) is 3.14. The van der Waals surface area contributed by atoms with Crippen LogP contribution in [0.25, 0.3) is 0 Å². The van der Waals surface area contributed by atoms with Gasteiger partial charge in [-0.2, -0.15) is 0 Å². The molecule has 0 heterocycles. The maximum Gasteiger partial charge on any atom is 0.251 e. The summed E-state index contributed by atoms with van der Waals surface area (Å²) in [6.07, 6.45) is 4.61. The predicted octanol–water partition coefficient (Wildman–Crippen LogP) is 3.98. The molecule has 3 heteroatoms. The van der Waals surface area contributed by atoms with Gasteiger partial charge in [0.05, 0.1) is 0 Å². The standard InChI is InChI=1S/C16H23NOS/c1-11-6-7-13(19)9-14(11)15(18)17-12-5-4-8-16(2,3)10-12/h6-7,9,12,19H,4-5,8,10H2,1-3H3,(H,17,18). The van der Waals surface area contributed by atoms with Crippen LogP contribution in [0.1, 0.15) is 55.5 Å². The molecule has 0 aliphatic heterocycles. The van der Waals surface area contributed by atoms with E-state index in [0.29, 0.717) is 11.5 Å². The first-order valence-corrected chi connectivity index (χ1v) is 7.43. The zero-order valence-electron chi connectivity index (χ0n) is 12.0. The number of carbonyl (C=O) groups excluding carboxylic acids is 1. The lowest BCUT2D eigenvalue weighted by Crippen LogP contribution is -2.40. The van der Waals surface area contributed by atoms with Crippen molar-refractivity contribution in [2.75, 3.05) is 0 Å². The predicted molar refractivity (Wildman–Crippen MR) is 81.9 cm³/mol. The van der Waals surface area contributed by atoms with Crippen LogP contribution in [0, 0.1) is 12.3 Å². The van der Waals surface area contributed by atoms with E-state index >= 15 is 0 Å². The van der Waals surface area contributed by atoms with E-state index in [1.807, 2.05) is 25.1 Å². The average Bonchev–Trinajstić information content (AvgIpc) is 2.31. The van der Waals surface area contributed by atoms with E-state index in [-0.39, 0.29) is 5.91 Å². The van der Waals surface area contributed by atoms with Crippen LogP contribution in [0.3, 0.4) is 0 Å². The van der Waals surface area contributed by atoms with Crippen molar-refractivity contribution in [1.29, 1.82) is 0 Å². The van der Waals surface area contributed by atoms with E-state index < -0.39 is 0 Å². The molecule has 0 saturated heterocycles. The lowest BCUT2D eigenvalue weighted by Gasteiger charge is -2.35. The van der Waals surface area contributed by atoms with Crippen LogP contribution in [0.15, 0.2) is 23.1 Å². The number of aryl methyl sites for hydroxylation is 1. The number of nitrogens with one attached hydrogen (secondary N) is 1. The lowest BCUT2D eigenvalue weighted by atomic mass is 9.75. The van der Waals surface area contributed by atoms with Gasteiger partial charge in [-0.25, -0.2) is 0 Å². The molecule has 1 saturated carbocycles. The van der Waals surface area contributed by atoms with Gasteiger partial charge < -0.3 is 5.32 Å². The molecular formula is C16H23NOS. The highest BCUT2D eigenvalue weighted by atomic mass is 32.1. The summed E-state index contributed by atoms with van der Waals surface area (Å²) in [5.74, 6) is 0.0381. The van der Waals surface area contributed by atoms with Crippen molar-refractivity contribution in [3.8, 4) is 0 Å². The minimum absolute atomic E-state index is 0.0381. The van der Waals surface area contributed by atoms with Gasteiger partial charge in [-0.05, 0) is 49.3 Å². The number of hydrogen-bond acceptors (Lipinski definition) is 2. The second-order valence-corrected chi connectivity index (χ2v) is 6.95. The van der Waals surface area contributed by atoms with Crippen molar-refractivity contribution in [3.05, 3.63) is 29.3 Å². The third-order valence-electron chi connectivity index (χ3n) is 4.01. The molecule has 0 radical (unpaired) electrons. The Morgan fingerprint density at radius 2 is 2.16 bits per heavy atom. The smallest absolute Gasteiger partial charge is 0.251 e. The van der Waals surface area contributed by atoms with Crippen molar-refractivity contribution in [3.63, 3.8) is 0 Å². The van der Waals surface area contributed by atoms with Crippen molar-refractivity contribution >= 4 is 18.5 Å². The summed E-state index contributed by atoms with van der Waals surface area (Å²) in [6.45, 7) is 6.53. The maximum absolute atomic E-state index is 12.4. The minimum Gasteiger partial charge on any atom is -0.349 e. The number of thiol groups is 1. The van der Waals surface area contributed by atoms with E-state index in [1.165, 1.54) is 12.8 Å². The van der Waals surface area contributed by atoms with Gasteiger partial charge >= 0.3 is 0 Å². The highest BCUT2D eigenvalue weighted by Gasteiger charge is 2.29. The summed E-state index contributed by atoms with van der Waals surface area (Å²) < 4.78 is 0. The Hall–Kier alpha value is -0.960. The third-order valence-corrected chi connectivity index (χ3v) is 4.28. The van der Waals surface area contributed by atoms with E-state index in [0.717, 1.165) is 28.9 Å². The average molecular weight is 277 g/mol. The van der Waals surface area contributed by atoms with Gasteiger partial charge in [-0.1, -0.05) is 26.3 Å². The molecule has 2 rings (SSSR count). The molecule has 1 fully saturated rings. The van der Waals surface area contributed by atoms with Gasteiger partial charge in [0.1, 0.15) is 0 Å². The van der Waals surface area contributed by atoms with Gasteiger partial charge in [-0.15, -0.1) is 12.6 Å². The Balaban J connectivity index is 2.06. The Morgan fingerprint density at radius 3 is 2.84 bits per heavy atom. The topological polar surface area (TPSA) is 29.1 Å². The number of rotatable bonds is 2. The first-order chi connectivity index (χ1) is 8.87. The van der Waals surface area contributed by atoms with Crippen molar-refractivity contribution in [2.45, 2.75) is 57.4 Å². The normalized spacial score (nSPS) is 22.0. The molecule has 1 atom stereocenters. The van der Waals surface area contributed by atoms with Crippen LogP contribution in [0.5, 0.6) is 0 Å². The van der Waals surface area contributed by atoms with E-state index in [9.17, 15) is 4.79 Å². The van der Waals surface area contributed by atoms with Gasteiger partial charge in [0.2, 0.25) is 0 Å². The van der Waals surface area contributed by atoms with Crippen LogP contribution in [-0.2, 0) is 0 Å². The molecule has 1 unspecified atom stereocenters. The molecule has 1 aliphatic carbocycles. The van der Waals surface area contributed by atoms with Gasteiger partial charge in [0.25, 0.3) is 5.91 Å². The van der Waals surface area contributed by atoms with E-state index in [2.05, 4.69) is 31.8 Å². The Kier molecular flexibility index (Phi) is 4.24. The summed E-state index contributed by atoms with van der Waals surface area (Å²) in [7, 11) is 0. The maximum atomic E-state index is 12.4.